The van der Waals surface area contributed by atoms with Crippen LogP contribution in [0.1, 0.15) is 151 Å². The van der Waals surface area contributed by atoms with Gasteiger partial charge in [-0.25, -0.2) is 0 Å². The minimum atomic E-state index is -1.76. The molecule has 25 N–H and O–H groups in total. The molecule has 45 heteroatoms. The zero-order valence-corrected chi connectivity index (χ0v) is 80.2. The van der Waals surface area contributed by atoms with E-state index in [-0.39, 0.29) is 112 Å². The standard InChI is InChI=1S/C91H133N21O22S2/c1-45(2)30-58(92)78(120)109-70(44-136)87(129)103-61(27-28-72(93)115)80(122)108-68(42-113)85(127)104-62(31-46(3)4)79(121)97-41-75(118)111-76(49(9)10)89(131)106-64(33-48(7)8)82(124)107-67(34-52-23-25-55(114)26-24-52)90(132)112-29-17-22-71(112)88(130)98-40-74(117)101-65(35-53-37-94-59-20-15-13-18-56(53)59)83(125)105-63(32-47(5)6)81(123)99-50(11)77(119)96-39-73(116)102-66(36-54-38-95-60-21-16-14-19-57(54)60)84(126)110-69(43-135)86(128)100-51(12)91(133)134/h13-16,18-21,23-26,37-38,45-51,58,61-71,76,94-95,113-114,135-136H,17,22,27-36,39-44,92H2,1-12H3,(H2,93,115)(H,96,119)(H,97,121)(H,98,130)(H,99,123)(H,100,128)(H,101,117)(H,102,116)(H,103,129)(H,104,127)(H,105,125)(H,106,131)(H,107,124)(H,108,122)(H,109,120)(H,110,126)(H,111,118)(H,133,134)/t50-,51-,58-,61-,62-,63-,64-,65-,66-,67-,68-,69-,70-,71-,76-/m0/s1. The number of aromatic nitrogens is 2. The maximum Gasteiger partial charge on any atom is 0.325 e. The number of aliphatic carboxylic acids is 1. The molecule has 0 radical (unpaired) electrons. The molecule has 136 heavy (non-hydrogen) atoms. The zero-order chi connectivity index (χ0) is 101. The maximum atomic E-state index is 15.1. The van der Waals surface area contributed by atoms with E-state index in [9.17, 15) is 102 Å². The number of H-pyrrole nitrogens is 2. The first-order valence-electron chi connectivity index (χ1n) is 45.2. The van der Waals surface area contributed by atoms with Gasteiger partial charge in [-0.2, -0.15) is 25.3 Å². The van der Waals surface area contributed by atoms with Crippen molar-refractivity contribution in [3.63, 3.8) is 0 Å². The highest BCUT2D eigenvalue weighted by molar-refractivity contribution is 7.80. The molecule has 18 amide bonds. The summed E-state index contributed by atoms with van der Waals surface area (Å²) in [6.07, 6.45) is 2.53. The van der Waals surface area contributed by atoms with Crippen molar-refractivity contribution in [1.82, 2.24) is 99.9 Å². The van der Waals surface area contributed by atoms with Crippen molar-refractivity contribution in [3.05, 3.63) is 102 Å². The van der Waals surface area contributed by atoms with Crippen LogP contribution in [0.2, 0.25) is 0 Å². The van der Waals surface area contributed by atoms with Gasteiger partial charge in [-0.3, -0.25) is 91.1 Å². The third-order valence-corrected chi connectivity index (χ3v) is 22.9. The van der Waals surface area contributed by atoms with Crippen LogP contribution in [-0.4, -0.2) is 277 Å². The minimum Gasteiger partial charge on any atom is -0.508 e. The second kappa shape index (κ2) is 54.6. The van der Waals surface area contributed by atoms with Crippen LogP contribution in [0.15, 0.2) is 85.2 Å². The number of aromatic hydroxyl groups is 1. The molecule has 0 aliphatic carbocycles. The Morgan fingerprint density at radius 2 is 0.824 bits per heavy atom. The topological polar surface area (TPSA) is 664 Å². The van der Waals surface area contributed by atoms with Crippen LogP contribution in [-0.2, 0) is 110 Å². The molecule has 3 aromatic carbocycles. The number of fused-ring (bicyclic) bond motifs is 2. The van der Waals surface area contributed by atoms with Gasteiger partial charge in [0.2, 0.25) is 106 Å². The van der Waals surface area contributed by atoms with E-state index in [1.165, 1.54) is 43.0 Å². The summed E-state index contributed by atoms with van der Waals surface area (Å²) in [6.45, 7) is 16.6. The van der Waals surface area contributed by atoms with Crippen LogP contribution < -0.4 is 96.5 Å². The average molecular weight is 1940 g/mol. The summed E-state index contributed by atoms with van der Waals surface area (Å²) < 4.78 is 0. The van der Waals surface area contributed by atoms with E-state index in [4.69, 9.17) is 11.5 Å². The van der Waals surface area contributed by atoms with Crippen LogP contribution in [0.3, 0.4) is 0 Å². The van der Waals surface area contributed by atoms with Crippen molar-refractivity contribution in [1.29, 1.82) is 0 Å². The number of carbonyl (C=O) groups is 19. The van der Waals surface area contributed by atoms with Gasteiger partial charge in [0.05, 0.1) is 32.3 Å². The van der Waals surface area contributed by atoms with Gasteiger partial charge in [0, 0.05) is 77.9 Å². The number of nitrogens with two attached hydrogens (primary N) is 2. The second-order valence-electron chi connectivity index (χ2n) is 35.8. The number of aromatic amines is 2. The fourth-order valence-electron chi connectivity index (χ4n) is 15.0. The molecular formula is C91H133N21O22S2. The number of hydrogen-bond donors (Lipinski definition) is 25. The minimum absolute atomic E-state index is 0.00301. The van der Waals surface area contributed by atoms with Crippen molar-refractivity contribution >= 4 is 159 Å². The van der Waals surface area contributed by atoms with E-state index in [2.05, 4.69) is 120 Å². The molecule has 0 spiro atoms. The lowest BCUT2D eigenvalue weighted by Gasteiger charge is -2.31. The summed E-state index contributed by atoms with van der Waals surface area (Å²) in [5.74, 6) is -19.1. The SMILES string of the molecule is CC(C)C[C@H](NC(=O)[C@H](CO)NC(=O)[C@H](CCC(N)=O)NC(=O)[C@H](CS)NC(=O)[C@@H](N)CC(C)C)C(=O)NCC(=O)N[C@H](C(=O)N[C@@H](CC(C)C)C(=O)N[C@@H](Cc1ccc(O)cc1)C(=O)N1CCC[C@H]1C(=O)NCC(=O)N[C@@H](Cc1c[nH]c2ccccc12)C(=O)N[C@@H](CC(C)C)C(=O)N[C@@H](C)C(=O)NCC(=O)N[C@@H](Cc1c[nH]c2ccccc12)C(=O)N[C@@H](CS)C(=O)N[C@@H](C)C(=O)O)C(C)C. The van der Waals surface area contributed by atoms with Gasteiger partial charge in [0.15, 0.2) is 0 Å². The molecule has 746 valence electrons. The molecule has 3 heterocycles. The third kappa shape index (κ3) is 35.7. The lowest BCUT2D eigenvalue weighted by Crippen LogP contribution is -2.60. The van der Waals surface area contributed by atoms with E-state index in [1.807, 2.05) is 13.8 Å². The fourth-order valence-corrected chi connectivity index (χ4v) is 15.5. The van der Waals surface area contributed by atoms with E-state index in [0.717, 1.165) is 10.9 Å². The molecule has 5 aromatic rings. The molecule has 6 rings (SSSR count). The summed E-state index contributed by atoms with van der Waals surface area (Å²) in [5.41, 5.74) is 14.4. The molecule has 1 aliphatic rings. The molecule has 0 bridgehead atoms. The number of carbonyl (C=O) groups excluding carboxylic acids is 18. The number of phenols is 1. The van der Waals surface area contributed by atoms with Crippen molar-refractivity contribution in [2.75, 3.05) is 44.3 Å². The number of benzene rings is 3. The Kier molecular flexibility index (Phi) is 44.9. The van der Waals surface area contributed by atoms with Crippen LogP contribution >= 0.6 is 25.3 Å². The first-order valence-corrected chi connectivity index (χ1v) is 46.5. The highest BCUT2D eigenvalue weighted by Crippen LogP contribution is 2.25. The molecule has 15 atom stereocenters. The molecule has 1 aliphatic heterocycles. The summed E-state index contributed by atoms with van der Waals surface area (Å²) in [7, 11) is 0. The number of carboxylic acid groups (broad SMARTS) is 1. The number of primary amides is 1. The van der Waals surface area contributed by atoms with Gasteiger partial charge in [-0.1, -0.05) is 118 Å². The van der Waals surface area contributed by atoms with Crippen LogP contribution in [0.5, 0.6) is 5.75 Å². The number of thiol groups is 2. The number of likely N-dealkylation sites (tertiary alicyclic amines) is 1. The van der Waals surface area contributed by atoms with Crippen molar-refractivity contribution < 1.29 is 106 Å². The zero-order valence-electron chi connectivity index (χ0n) is 78.5. The molecule has 0 unspecified atom stereocenters. The number of aliphatic hydroxyl groups is 1. The third-order valence-electron chi connectivity index (χ3n) is 22.2. The van der Waals surface area contributed by atoms with Crippen molar-refractivity contribution in [2.24, 2.45) is 41.1 Å². The van der Waals surface area contributed by atoms with Gasteiger partial charge in [0.25, 0.3) is 0 Å². The molecule has 43 nitrogen and oxygen atoms in total. The van der Waals surface area contributed by atoms with Gasteiger partial charge >= 0.3 is 5.97 Å². The smallest absolute Gasteiger partial charge is 0.325 e. The number of rotatable bonds is 55. The van der Waals surface area contributed by atoms with Gasteiger partial charge in [-0.15, -0.1) is 0 Å². The van der Waals surface area contributed by atoms with Crippen LogP contribution in [0, 0.1) is 29.6 Å². The van der Waals surface area contributed by atoms with Crippen LogP contribution in [0.25, 0.3) is 21.8 Å². The first kappa shape index (κ1) is 112. The molecule has 1 saturated heterocycles. The predicted octanol–water partition coefficient (Wildman–Crippen LogP) is -2.57. The molecular weight excluding hydrogens is 1800 g/mol. The number of phenolic OH excluding ortho intramolecular Hbond substituents is 1. The largest absolute Gasteiger partial charge is 0.508 e. The average Bonchev–Trinajstić information content (AvgIpc) is 1.50. The number of aliphatic hydroxyl groups excluding tert-OH is 1. The molecule has 1 fully saturated rings. The monoisotopic (exact) mass is 1940 g/mol. The van der Waals surface area contributed by atoms with E-state index < -0.39 is 242 Å². The molecule has 2 aromatic heterocycles. The summed E-state index contributed by atoms with van der Waals surface area (Å²) >= 11 is 8.34. The fraction of sp³-hybridized carbons (Fsp3) is 0.549. The summed E-state index contributed by atoms with van der Waals surface area (Å²) in [6, 6.07) is -0.629. The van der Waals surface area contributed by atoms with Gasteiger partial charge in [-0.05, 0) is 129 Å². The van der Waals surface area contributed by atoms with Crippen molar-refractivity contribution in [3.8, 4) is 5.75 Å². The Hall–Kier alpha value is -12.9. The highest BCUT2D eigenvalue weighted by Gasteiger charge is 2.42. The Balaban J connectivity index is 1.11. The number of hydrogen-bond acceptors (Lipinski definition) is 24. The Morgan fingerprint density at radius 1 is 0.426 bits per heavy atom. The summed E-state index contributed by atoms with van der Waals surface area (Å²) in [4.78, 5) is 269. The first-order chi connectivity index (χ1) is 64.2. The van der Waals surface area contributed by atoms with Crippen LogP contribution in [0.4, 0.5) is 0 Å². The summed E-state index contributed by atoms with van der Waals surface area (Å²) in [5, 5.41) is 72.0. The lowest BCUT2D eigenvalue weighted by atomic mass is 9.98. The Labute approximate surface area is 799 Å². The normalized spacial score (nSPS) is 15.6. The predicted molar refractivity (Wildman–Crippen MR) is 508 cm³/mol. The van der Waals surface area contributed by atoms with E-state index >= 15 is 4.79 Å². The van der Waals surface area contributed by atoms with Gasteiger partial charge in [0.1, 0.15) is 90.3 Å². The van der Waals surface area contributed by atoms with E-state index in [0.29, 0.717) is 27.6 Å². The Bertz CT molecular complexity index is 5030. The quantitative estimate of drug-likeness (QED) is 0.0178. The number of nitrogens with zero attached hydrogens (tertiary/aromatic N) is 1. The van der Waals surface area contributed by atoms with Crippen molar-refractivity contribution in [2.45, 2.75) is 244 Å². The lowest BCUT2D eigenvalue weighted by molar-refractivity contribution is -0.142. The highest BCUT2D eigenvalue weighted by atomic mass is 32.1. The second-order valence-corrected chi connectivity index (χ2v) is 36.6. The van der Waals surface area contributed by atoms with E-state index in [1.54, 1.807) is 116 Å². The maximum absolute atomic E-state index is 15.1. The number of amides is 18. The Morgan fingerprint density at radius 3 is 1.31 bits per heavy atom. The number of para-hydroxylation sites is 2. The molecule has 0 saturated carbocycles. The van der Waals surface area contributed by atoms with Gasteiger partial charge < -0.3 is 127 Å². The number of nitrogens with one attached hydrogen (secondary N) is 18. The number of carboxylic acids is 1.